The van der Waals surface area contributed by atoms with E-state index in [9.17, 15) is 0 Å². The predicted molar refractivity (Wildman–Crippen MR) is 128 cm³/mol. The minimum atomic E-state index is 0.647. The van der Waals surface area contributed by atoms with Gasteiger partial charge in [0.25, 0.3) is 0 Å². The smallest absolute Gasteiger partial charge is 0.227 e. The maximum absolute atomic E-state index is 6.02. The van der Waals surface area contributed by atoms with Gasteiger partial charge in [-0.2, -0.15) is 0 Å². The lowest BCUT2D eigenvalue weighted by atomic mass is 9.92. The van der Waals surface area contributed by atoms with Crippen molar-refractivity contribution in [2.75, 3.05) is 0 Å². The monoisotopic (exact) mass is 449 g/mol. The first kappa shape index (κ1) is 17.4. The van der Waals surface area contributed by atoms with E-state index < -0.39 is 0 Å². The number of hydrogen-bond donors (Lipinski definition) is 0. The summed E-state index contributed by atoms with van der Waals surface area (Å²) in [7, 11) is 0. The van der Waals surface area contributed by atoms with Gasteiger partial charge in [-0.05, 0) is 72.9 Å². The molecule has 5 aromatic carbocycles. The molecule has 1 heterocycles. The molecule has 0 spiro atoms. The second-order valence-corrected chi connectivity index (χ2v) is 8.14. The van der Waals surface area contributed by atoms with Gasteiger partial charge >= 0.3 is 0 Å². The number of nitrogens with zero attached hydrogens (tertiary/aromatic N) is 1. The van der Waals surface area contributed by atoms with E-state index in [1.807, 2.05) is 36.4 Å². The number of halogens is 1. The third-order valence-corrected chi connectivity index (χ3v) is 6.42. The summed E-state index contributed by atoms with van der Waals surface area (Å²) in [5.41, 5.74) is 4.99. The summed E-state index contributed by atoms with van der Waals surface area (Å²) in [4.78, 5) is 4.77. The van der Waals surface area contributed by atoms with Crippen LogP contribution in [0.3, 0.4) is 0 Å². The van der Waals surface area contributed by atoms with Gasteiger partial charge < -0.3 is 4.42 Å². The number of benzene rings is 5. The van der Waals surface area contributed by atoms with E-state index in [-0.39, 0.29) is 0 Å². The van der Waals surface area contributed by atoms with Gasteiger partial charge in [-0.15, -0.1) is 0 Å². The molecular formula is C27H16BrNO. The standard InChI is InChI=1S/C27H16BrNO/c28-26-21-12-6-4-10-19(21)25(20-11-5-7-13-22(20)26)18-14-15-24-23(16-18)29-27(30-24)17-8-2-1-3-9-17/h1-16H. The first-order chi connectivity index (χ1) is 14.8. The summed E-state index contributed by atoms with van der Waals surface area (Å²) in [6.07, 6.45) is 0. The third kappa shape index (κ3) is 2.66. The second-order valence-electron chi connectivity index (χ2n) is 7.35. The molecule has 0 saturated carbocycles. The van der Waals surface area contributed by atoms with Crippen molar-refractivity contribution in [3.63, 3.8) is 0 Å². The van der Waals surface area contributed by atoms with Crippen LogP contribution >= 0.6 is 15.9 Å². The largest absolute Gasteiger partial charge is 0.436 e. The quantitative estimate of drug-likeness (QED) is 0.248. The van der Waals surface area contributed by atoms with Crippen LogP contribution in [-0.4, -0.2) is 4.98 Å². The van der Waals surface area contributed by atoms with Crippen molar-refractivity contribution < 1.29 is 4.42 Å². The number of aromatic nitrogens is 1. The second kappa shape index (κ2) is 6.82. The van der Waals surface area contributed by atoms with Crippen molar-refractivity contribution in [3.05, 3.63) is 102 Å². The van der Waals surface area contributed by atoms with Gasteiger partial charge in [0.15, 0.2) is 5.58 Å². The average Bonchev–Trinajstić information content (AvgIpc) is 3.24. The van der Waals surface area contributed by atoms with Crippen molar-refractivity contribution in [1.82, 2.24) is 4.98 Å². The Hall–Kier alpha value is -3.43. The average molecular weight is 450 g/mol. The fraction of sp³-hybridized carbons (Fsp3) is 0. The van der Waals surface area contributed by atoms with Gasteiger partial charge in [-0.1, -0.05) is 72.8 Å². The summed E-state index contributed by atoms with van der Waals surface area (Å²) in [6.45, 7) is 0. The molecule has 6 rings (SSSR count). The van der Waals surface area contributed by atoms with Crippen LogP contribution in [0.2, 0.25) is 0 Å². The summed E-state index contributed by atoms with van der Waals surface area (Å²) in [6, 6.07) is 33.3. The Morgan fingerprint density at radius 2 is 1.20 bits per heavy atom. The number of oxazole rings is 1. The van der Waals surface area contributed by atoms with Crippen molar-refractivity contribution in [2.24, 2.45) is 0 Å². The van der Waals surface area contributed by atoms with E-state index in [0.717, 1.165) is 26.7 Å². The topological polar surface area (TPSA) is 26.0 Å². The normalized spacial score (nSPS) is 11.5. The van der Waals surface area contributed by atoms with Crippen LogP contribution in [0.5, 0.6) is 0 Å². The highest BCUT2D eigenvalue weighted by molar-refractivity contribution is 9.10. The van der Waals surface area contributed by atoms with E-state index in [1.54, 1.807) is 0 Å². The van der Waals surface area contributed by atoms with Crippen molar-refractivity contribution in [1.29, 1.82) is 0 Å². The summed E-state index contributed by atoms with van der Waals surface area (Å²) >= 11 is 3.83. The molecule has 0 unspecified atom stereocenters. The van der Waals surface area contributed by atoms with Gasteiger partial charge in [-0.25, -0.2) is 4.98 Å². The minimum absolute atomic E-state index is 0.647. The highest BCUT2D eigenvalue weighted by Gasteiger charge is 2.15. The zero-order valence-corrected chi connectivity index (χ0v) is 17.6. The van der Waals surface area contributed by atoms with Crippen molar-refractivity contribution >= 4 is 48.6 Å². The highest BCUT2D eigenvalue weighted by atomic mass is 79.9. The van der Waals surface area contributed by atoms with Crippen LogP contribution in [0.4, 0.5) is 0 Å². The molecule has 0 atom stereocenters. The van der Waals surface area contributed by atoms with Crippen molar-refractivity contribution in [2.45, 2.75) is 0 Å². The molecule has 0 N–H and O–H groups in total. The first-order valence-electron chi connectivity index (χ1n) is 9.85. The van der Waals surface area contributed by atoms with E-state index in [1.165, 1.54) is 27.1 Å². The molecule has 142 valence electrons. The van der Waals surface area contributed by atoms with Gasteiger partial charge in [0.2, 0.25) is 5.89 Å². The Morgan fingerprint density at radius 3 is 1.87 bits per heavy atom. The van der Waals surface area contributed by atoms with Gasteiger partial charge in [-0.3, -0.25) is 0 Å². The Balaban J connectivity index is 1.64. The van der Waals surface area contributed by atoms with Crippen LogP contribution in [0.1, 0.15) is 0 Å². The van der Waals surface area contributed by atoms with E-state index in [4.69, 9.17) is 9.40 Å². The molecule has 0 fully saturated rings. The molecule has 0 aliphatic carbocycles. The molecule has 6 aromatic rings. The Morgan fingerprint density at radius 1 is 0.600 bits per heavy atom. The van der Waals surface area contributed by atoms with E-state index >= 15 is 0 Å². The van der Waals surface area contributed by atoms with Gasteiger partial charge in [0, 0.05) is 10.0 Å². The molecule has 3 heteroatoms. The molecule has 30 heavy (non-hydrogen) atoms. The molecule has 0 radical (unpaired) electrons. The Labute approximate surface area is 181 Å². The van der Waals surface area contributed by atoms with Crippen molar-refractivity contribution in [3.8, 4) is 22.6 Å². The van der Waals surface area contributed by atoms with E-state index in [2.05, 4.69) is 76.6 Å². The molecule has 1 aromatic heterocycles. The van der Waals surface area contributed by atoms with Gasteiger partial charge in [0.05, 0.1) is 0 Å². The van der Waals surface area contributed by atoms with E-state index in [0.29, 0.717) is 5.89 Å². The van der Waals surface area contributed by atoms with Crippen LogP contribution in [0.25, 0.3) is 55.2 Å². The maximum atomic E-state index is 6.02. The van der Waals surface area contributed by atoms with Crippen LogP contribution < -0.4 is 0 Å². The molecule has 0 aliphatic heterocycles. The maximum Gasteiger partial charge on any atom is 0.227 e. The molecule has 0 bridgehead atoms. The molecule has 2 nitrogen and oxygen atoms in total. The number of fused-ring (bicyclic) bond motifs is 3. The highest BCUT2D eigenvalue weighted by Crippen LogP contribution is 2.42. The zero-order chi connectivity index (χ0) is 20.1. The molecule has 0 amide bonds. The summed E-state index contributed by atoms with van der Waals surface area (Å²) in [5, 5.41) is 4.84. The summed E-state index contributed by atoms with van der Waals surface area (Å²) < 4.78 is 7.15. The van der Waals surface area contributed by atoms with Gasteiger partial charge in [0.1, 0.15) is 5.52 Å². The minimum Gasteiger partial charge on any atom is -0.436 e. The fourth-order valence-electron chi connectivity index (χ4n) is 4.17. The lowest BCUT2D eigenvalue weighted by molar-refractivity contribution is 0.620. The Kier molecular flexibility index (Phi) is 3.96. The molecule has 0 saturated heterocycles. The number of rotatable bonds is 2. The molecule has 0 aliphatic rings. The predicted octanol–water partition coefficient (Wildman–Crippen LogP) is 8.23. The third-order valence-electron chi connectivity index (χ3n) is 5.56. The lowest BCUT2D eigenvalue weighted by Gasteiger charge is -2.14. The SMILES string of the molecule is Brc1c2ccccc2c(-c2ccc3oc(-c4ccccc4)nc3c2)c2ccccc12. The van der Waals surface area contributed by atoms with Crippen LogP contribution in [-0.2, 0) is 0 Å². The Bertz CT molecular complexity index is 1490. The summed E-state index contributed by atoms with van der Waals surface area (Å²) in [5.74, 6) is 0.647. The zero-order valence-electron chi connectivity index (χ0n) is 16.0. The lowest BCUT2D eigenvalue weighted by Crippen LogP contribution is -1.87. The number of hydrogen-bond acceptors (Lipinski definition) is 2. The first-order valence-corrected chi connectivity index (χ1v) is 10.6. The molecular weight excluding hydrogens is 434 g/mol. The van der Waals surface area contributed by atoms with Crippen LogP contribution in [0.15, 0.2) is 106 Å². The van der Waals surface area contributed by atoms with Crippen LogP contribution in [0, 0.1) is 0 Å². The fourth-order valence-corrected chi connectivity index (χ4v) is 4.86.